The molecule has 0 bridgehead atoms. The summed E-state index contributed by atoms with van der Waals surface area (Å²) in [4.78, 5) is 8.89. The second-order valence-corrected chi connectivity index (χ2v) is 6.21. The average Bonchev–Trinajstić information content (AvgIpc) is 3.24. The molecule has 0 aliphatic rings. The maximum absolute atomic E-state index is 6.19. The molecule has 0 spiro atoms. The van der Waals surface area contributed by atoms with Gasteiger partial charge in [-0.25, -0.2) is 4.98 Å². The first-order valence-electron chi connectivity index (χ1n) is 9.02. The minimum Gasteiger partial charge on any atom is -0.493 e. The van der Waals surface area contributed by atoms with E-state index in [2.05, 4.69) is 4.98 Å². The Labute approximate surface area is 168 Å². The molecule has 4 aromatic rings. The molecule has 2 heterocycles. The van der Waals surface area contributed by atoms with Gasteiger partial charge in [-0.15, -0.1) is 0 Å². The SMILES string of the molecule is COc1cc(-c2nc(-c3ccccc3)oc2-c2ccncc2)cc(OC)c1OC. The zero-order valence-corrected chi connectivity index (χ0v) is 16.4. The number of oxazole rings is 1. The second-order valence-electron chi connectivity index (χ2n) is 6.21. The van der Waals surface area contributed by atoms with Gasteiger partial charge in [0.15, 0.2) is 17.3 Å². The van der Waals surface area contributed by atoms with Crippen LogP contribution in [0.15, 0.2) is 71.4 Å². The number of hydrogen-bond donors (Lipinski definition) is 0. The topological polar surface area (TPSA) is 66.6 Å². The molecule has 2 aromatic carbocycles. The lowest BCUT2D eigenvalue weighted by atomic mass is 10.1. The van der Waals surface area contributed by atoms with Crippen LogP contribution in [0.3, 0.4) is 0 Å². The fourth-order valence-corrected chi connectivity index (χ4v) is 3.14. The van der Waals surface area contributed by atoms with E-state index in [1.165, 1.54) is 0 Å². The van der Waals surface area contributed by atoms with Gasteiger partial charge in [-0.3, -0.25) is 4.98 Å². The Hall–Kier alpha value is -3.80. The van der Waals surface area contributed by atoms with E-state index in [4.69, 9.17) is 23.6 Å². The van der Waals surface area contributed by atoms with Crippen LogP contribution in [0.2, 0.25) is 0 Å². The van der Waals surface area contributed by atoms with Gasteiger partial charge in [0.25, 0.3) is 0 Å². The van der Waals surface area contributed by atoms with Crippen molar-refractivity contribution >= 4 is 0 Å². The molecule has 146 valence electrons. The van der Waals surface area contributed by atoms with Gasteiger partial charge in [-0.05, 0) is 36.4 Å². The quantitative estimate of drug-likeness (QED) is 0.458. The van der Waals surface area contributed by atoms with Gasteiger partial charge < -0.3 is 18.6 Å². The van der Waals surface area contributed by atoms with Gasteiger partial charge in [0.2, 0.25) is 11.6 Å². The molecule has 0 atom stereocenters. The summed E-state index contributed by atoms with van der Waals surface area (Å²) in [5.41, 5.74) is 3.23. The normalized spacial score (nSPS) is 10.6. The van der Waals surface area contributed by atoms with Crippen molar-refractivity contribution < 1.29 is 18.6 Å². The van der Waals surface area contributed by atoms with Crippen molar-refractivity contribution in [3.05, 3.63) is 67.0 Å². The van der Waals surface area contributed by atoms with E-state index >= 15 is 0 Å². The Balaban J connectivity index is 1.94. The third kappa shape index (κ3) is 3.52. The summed E-state index contributed by atoms with van der Waals surface area (Å²) in [7, 11) is 4.75. The van der Waals surface area contributed by atoms with Gasteiger partial charge in [0.05, 0.1) is 21.3 Å². The molecule has 0 radical (unpaired) electrons. The minimum atomic E-state index is 0.524. The minimum absolute atomic E-state index is 0.524. The highest BCUT2D eigenvalue weighted by atomic mass is 16.5. The standard InChI is InChI=1S/C23H20N2O4/c1-26-18-13-17(14-19(27-2)22(18)28-3)20-21(15-9-11-24-12-10-15)29-23(25-20)16-7-5-4-6-8-16/h4-14H,1-3H3. The third-order valence-corrected chi connectivity index (χ3v) is 4.53. The zero-order chi connectivity index (χ0) is 20.2. The molecule has 0 aliphatic heterocycles. The van der Waals surface area contributed by atoms with Gasteiger partial charge >= 0.3 is 0 Å². The molecule has 6 heteroatoms. The van der Waals surface area contributed by atoms with Crippen LogP contribution < -0.4 is 14.2 Å². The molecule has 29 heavy (non-hydrogen) atoms. The molecule has 0 unspecified atom stereocenters. The van der Waals surface area contributed by atoms with Crippen molar-refractivity contribution in [1.82, 2.24) is 9.97 Å². The van der Waals surface area contributed by atoms with Gasteiger partial charge in [0.1, 0.15) is 5.69 Å². The van der Waals surface area contributed by atoms with Crippen LogP contribution in [0.25, 0.3) is 34.0 Å². The first-order chi connectivity index (χ1) is 14.2. The maximum atomic E-state index is 6.19. The molecule has 0 saturated carbocycles. The van der Waals surface area contributed by atoms with E-state index in [9.17, 15) is 0 Å². The van der Waals surface area contributed by atoms with E-state index in [1.807, 2.05) is 54.6 Å². The average molecular weight is 388 g/mol. The number of methoxy groups -OCH3 is 3. The Kier molecular flexibility index (Phi) is 5.16. The molecular weight excluding hydrogens is 368 g/mol. The summed E-state index contributed by atoms with van der Waals surface area (Å²) < 4.78 is 22.6. The largest absolute Gasteiger partial charge is 0.493 e. The lowest BCUT2D eigenvalue weighted by molar-refractivity contribution is 0.324. The molecule has 0 fully saturated rings. The molecule has 0 aliphatic carbocycles. The first-order valence-corrected chi connectivity index (χ1v) is 9.02. The van der Waals surface area contributed by atoms with Gasteiger partial charge in [0, 0.05) is 29.1 Å². The van der Waals surface area contributed by atoms with E-state index in [0.717, 1.165) is 16.7 Å². The Morgan fingerprint density at radius 3 is 1.97 bits per heavy atom. The highest BCUT2D eigenvalue weighted by molar-refractivity contribution is 5.81. The van der Waals surface area contributed by atoms with Crippen LogP contribution in [-0.4, -0.2) is 31.3 Å². The molecule has 0 amide bonds. The molecule has 2 aromatic heterocycles. The summed E-state index contributed by atoms with van der Waals surface area (Å²) in [6, 6.07) is 17.3. The van der Waals surface area contributed by atoms with Crippen molar-refractivity contribution in [2.24, 2.45) is 0 Å². The summed E-state index contributed by atoms with van der Waals surface area (Å²) >= 11 is 0. The number of rotatable bonds is 6. The van der Waals surface area contributed by atoms with Crippen molar-refractivity contribution in [3.8, 4) is 51.3 Å². The van der Waals surface area contributed by atoms with Crippen molar-refractivity contribution in [2.75, 3.05) is 21.3 Å². The molecule has 4 rings (SSSR count). The smallest absolute Gasteiger partial charge is 0.227 e. The number of benzene rings is 2. The Bertz CT molecular complexity index is 1080. The van der Waals surface area contributed by atoms with Crippen molar-refractivity contribution in [2.45, 2.75) is 0 Å². The lowest BCUT2D eigenvalue weighted by Crippen LogP contribution is -1.96. The highest BCUT2D eigenvalue weighted by Gasteiger charge is 2.21. The van der Waals surface area contributed by atoms with Crippen LogP contribution in [0, 0.1) is 0 Å². The number of ether oxygens (including phenoxy) is 3. The van der Waals surface area contributed by atoms with Crippen LogP contribution in [-0.2, 0) is 0 Å². The summed E-state index contributed by atoms with van der Waals surface area (Å²) in [5, 5.41) is 0. The molecule has 0 N–H and O–H groups in total. The summed E-state index contributed by atoms with van der Waals surface area (Å²) in [6.45, 7) is 0. The third-order valence-electron chi connectivity index (χ3n) is 4.53. The predicted molar refractivity (Wildman–Crippen MR) is 110 cm³/mol. The maximum Gasteiger partial charge on any atom is 0.227 e. The summed E-state index contributed by atoms with van der Waals surface area (Å²) in [5.74, 6) is 2.79. The number of nitrogens with zero attached hydrogens (tertiary/aromatic N) is 2. The van der Waals surface area contributed by atoms with Crippen molar-refractivity contribution in [1.29, 1.82) is 0 Å². The molecule has 6 nitrogen and oxygen atoms in total. The number of aromatic nitrogens is 2. The zero-order valence-electron chi connectivity index (χ0n) is 16.4. The van der Waals surface area contributed by atoms with Crippen LogP contribution >= 0.6 is 0 Å². The Morgan fingerprint density at radius 2 is 1.38 bits per heavy atom. The van der Waals surface area contributed by atoms with Crippen LogP contribution in [0.5, 0.6) is 17.2 Å². The van der Waals surface area contributed by atoms with Crippen LogP contribution in [0.1, 0.15) is 0 Å². The highest BCUT2D eigenvalue weighted by Crippen LogP contribution is 2.44. The molecular formula is C23H20N2O4. The lowest BCUT2D eigenvalue weighted by Gasteiger charge is -2.13. The molecule has 0 saturated heterocycles. The van der Waals surface area contributed by atoms with E-state index in [-0.39, 0.29) is 0 Å². The van der Waals surface area contributed by atoms with E-state index in [0.29, 0.717) is 34.6 Å². The monoisotopic (exact) mass is 388 g/mol. The fourth-order valence-electron chi connectivity index (χ4n) is 3.14. The van der Waals surface area contributed by atoms with Crippen molar-refractivity contribution in [3.63, 3.8) is 0 Å². The van der Waals surface area contributed by atoms with Gasteiger partial charge in [-0.2, -0.15) is 0 Å². The fraction of sp³-hybridized carbons (Fsp3) is 0.130. The first kappa shape index (κ1) is 18.6. The Morgan fingerprint density at radius 1 is 0.724 bits per heavy atom. The van der Waals surface area contributed by atoms with Gasteiger partial charge in [-0.1, -0.05) is 18.2 Å². The van der Waals surface area contributed by atoms with E-state index in [1.54, 1.807) is 33.7 Å². The number of pyridine rings is 1. The van der Waals surface area contributed by atoms with E-state index < -0.39 is 0 Å². The predicted octanol–water partition coefficient (Wildman–Crippen LogP) is 5.10. The number of hydrogen-bond acceptors (Lipinski definition) is 6. The summed E-state index contributed by atoms with van der Waals surface area (Å²) in [6.07, 6.45) is 3.44. The van der Waals surface area contributed by atoms with Crippen LogP contribution in [0.4, 0.5) is 0 Å². The second kappa shape index (κ2) is 8.06.